The van der Waals surface area contributed by atoms with Crippen molar-refractivity contribution in [3.05, 3.63) is 70.6 Å². The number of thiophene rings is 1. The summed E-state index contributed by atoms with van der Waals surface area (Å²) in [6.07, 6.45) is 0.0992. The molecule has 10 heteroatoms. The van der Waals surface area contributed by atoms with Crippen molar-refractivity contribution in [2.75, 3.05) is 30.4 Å². The lowest BCUT2D eigenvalue weighted by atomic mass is 10.1. The van der Waals surface area contributed by atoms with E-state index >= 15 is 0 Å². The molecule has 31 heavy (non-hydrogen) atoms. The number of methoxy groups -OCH3 is 1. The Labute approximate surface area is 190 Å². The number of halogens is 1. The second kappa shape index (κ2) is 10.6. The molecule has 0 spiro atoms. The molecule has 0 fully saturated rings. The quantitative estimate of drug-likeness (QED) is 0.419. The maximum absolute atomic E-state index is 12.5. The molecule has 2 aromatic carbocycles. The number of benzene rings is 2. The molecule has 3 aromatic rings. The van der Waals surface area contributed by atoms with Gasteiger partial charge >= 0.3 is 0 Å². The highest BCUT2D eigenvalue weighted by Gasteiger charge is 2.15. The van der Waals surface area contributed by atoms with Gasteiger partial charge in [0.2, 0.25) is 5.91 Å². The molecule has 0 radical (unpaired) electrons. The summed E-state index contributed by atoms with van der Waals surface area (Å²) in [5.74, 6) is 0.124. The summed E-state index contributed by atoms with van der Waals surface area (Å²) in [6, 6.07) is 14.9. The van der Waals surface area contributed by atoms with Crippen LogP contribution in [0.5, 0.6) is 5.75 Å². The highest BCUT2D eigenvalue weighted by atomic mass is 35.5. The van der Waals surface area contributed by atoms with Crippen LogP contribution in [-0.4, -0.2) is 34.6 Å². The predicted molar refractivity (Wildman–Crippen MR) is 123 cm³/mol. The van der Waals surface area contributed by atoms with Gasteiger partial charge in [0.05, 0.1) is 23.7 Å². The summed E-state index contributed by atoms with van der Waals surface area (Å²) >= 11 is 7.33. The number of amides is 1. The standard InChI is InChI=1S/C21H21ClN2O5S2/c1-28-11-12-29-21-17(22)4-2-5-18(21)23-19(25)14-15-7-9-16(10-8-15)24-31(26,27)20-6-3-13-30-20/h2-10,13,24H,11-12,14H2,1H3,(H,23,25). The number of ether oxygens (including phenoxy) is 2. The van der Waals surface area contributed by atoms with Crippen molar-refractivity contribution < 1.29 is 22.7 Å². The number of carbonyl (C=O) groups excluding carboxylic acids is 1. The third-order valence-corrected chi connectivity index (χ3v) is 7.18. The molecule has 1 aromatic heterocycles. The number of carbonyl (C=O) groups is 1. The third kappa shape index (κ3) is 6.44. The summed E-state index contributed by atoms with van der Waals surface area (Å²) in [5, 5.41) is 4.88. The number of rotatable bonds is 10. The largest absolute Gasteiger partial charge is 0.487 e. The van der Waals surface area contributed by atoms with Gasteiger partial charge in [-0.3, -0.25) is 9.52 Å². The first-order chi connectivity index (χ1) is 14.9. The van der Waals surface area contributed by atoms with Gasteiger partial charge in [0, 0.05) is 12.8 Å². The van der Waals surface area contributed by atoms with E-state index in [4.69, 9.17) is 21.1 Å². The van der Waals surface area contributed by atoms with Gasteiger partial charge in [-0.1, -0.05) is 35.9 Å². The minimum absolute atomic E-state index is 0.0992. The summed E-state index contributed by atoms with van der Waals surface area (Å²) in [7, 11) is -2.04. The van der Waals surface area contributed by atoms with E-state index in [0.29, 0.717) is 35.4 Å². The van der Waals surface area contributed by atoms with Gasteiger partial charge in [-0.15, -0.1) is 11.3 Å². The Hall–Kier alpha value is -2.59. The molecule has 7 nitrogen and oxygen atoms in total. The second-order valence-electron chi connectivity index (χ2n) is 6.42. The summed E-state index contributed by atoms with van der Waals surface area (Å²) in [4.78, 5) is 12.5. The first-order valence-electron chi connectivity index (χ1n) is 9.24. The topological polar surface area (TPSA) is 93.7 Å². The minimum atomic E-state index is -3.61. The van der Waals surface area contributed by atoms with Crippen LogP contribution >= 0.6 is 22.9 Å². The molecule has 3 rings (SSSR count). The van der Waals surface area contributed by atoms with Crippen molar-refractivity contribution in [2.24, 2.45) is 0 Å². The maximum Gasteiger partial charge on any atom is 0.271 e. The normalized spacial score (nSPS) is 11.2. The molecule has 0 saturated heterocycles. The molecule has 0 unspecified atom stereocenters. The first kappa shape index (κ1) is 23.1. The zero-order valence-corrected chi connectivity index (χ0v) is 19.0. The van der Waals surface area contributed by atoms with E-state index in [2.05, 4.69) is 10.0 Å². The Bertz CT molecular complexity index is 1120. The summed E-state index contributed by atoms with van der Waals surface area (Å²) in [5.41, 5.74) is 1.61. The van der Waals surface area contributed by atoms with Gasteiger partial charge in [-0.25, -0.2) is 8.42 Å². The third-order valence-electron chi connectivity index (χ3n) is 4.11. The molecule has 1 heterocycles. The number of hydrogen-bond donors (Lipinski definition) is 2. The molecule has 0 saturated carbocycles. The number of sulfonamides is 1. The number of nitrogens with one attached hydrogen (secondary N) is 2. The van der Waals surface area contributed by atoms with Crippen LogP contribution in [-0.2, 0) is 26.0 Å². The van der Waals surface area contributed by atoms with Gasteiger partial charge in [0.15, 0.2) is 5.75 Å². The lowest BCUT2D eigenvalue weighted by Crippen LogP contribution is -2.16. The minimum Gasteiger partial charge on any atom is -0.487 e. The Kier molecular flexibility index (Phi) is 7.91. The smallest absolute Gasteiger partial charge is 0.271 e. The number of anilines is 2. The maximum atomic E-state index is 12.5. The van der Waals surface area contributed by atoms with Crippen molar-refractivity contribution in [1.82, 2.24) is 0 Å². The van der Waals surface area contributed by atoms with Crippen molar-refractivity contribution in [2.45, 2.75) is 10.6 Å². The molecule has 164 valence electrons. The molecule has 0 aliphatic heterocycles. The molecular formula is C21H21ClN2O5S2. The van der Waals surface area contributed by atoms with Gasteiger partial charge in [0.25, 0.3) is 10.0 Å². The van der Waals surface area contributed by atoms with Crippen molar-refractivity contribution in [3.63, 3.8) is 0 Å². The number of hydrogen-bond acceptors (Lipinski definition) is 6. The van der Waals surface area contributed by atoms with E-state index in [9.17, 15) is 13.2 Å². The Morgan fingerprint density at radius 2 is 1.84 bits per heavy atom. The van der Waals surface area contributed by atoms with Crippen molar-refractivity contribution >= 4 is 50.2 Å². The van der Waals surface area contributed by atoms with Crippen LogP contribution in [0.15, 0.2) is 64.2 Å². The lowest BCUT2D eigenvalue weighted by molar-refractivity contribution is -0.115. The van der Waals surface area contributed by atoms with Gasteiger partial charge in [0.1, 0.15) is 10.8 Å². The van der Waals surface area contributed by atoms with Gasteiger partial charge in [-0.05, 0) is 41.3 Å². The van der Waals surface area contributed by atoms with E-state index in [1.54, 1.807) is 61.0 Å². The van der Waals surface area contributed by atoms with Crippen LogP contribution in [0, 0.1) is 0 Å². The Morgan fingerprint density at radius 1 is 1.06 bits per heavy atom. The summed E-state index contributed by atoms with van der Waals surface area (Å²) < 4.78 is 37.9. The van der Waals surface area contributed by atoms with Gasteiger partial charge in [-0.2, -0.15) is 0 Å². The Morgan fingerprint density at radius 3 is 2.52 bits per heavy atom. The van der Waals surface area contributed by atoms with E-state index in [1.807, 2.05) is 0 Å². The zero-order valence-electron chi connectivity index (χ0n) is 16.6. The second-order valence-corrected chi connectivity index (χ2v) is 9.68. The molecule has 2 N–H and O–H groups in total. The molecule has 0 aliphatic carbocycles. The van der Waals surface area contributed by atoms with Gasteiger partial charge < -0.3 is 14.8 Å². The van der Waals surface area contributed by atoms with Crippen LogP contribution in [0.2, 0.25) is 5.02 Å². The monoisotopic (exact) mass is 480 g/mol. The van der Waals surface area contributed by atoms with Crippen LogP contribution in [0.4, 0.5) is 11.4 Å². The highest BCUT2D eigenvalue weighted by Crippen LogP contribution is 2.33. The average Bonchev–Trinajstić information content (AvgIpc) is 3.27. The molecule has 0 bridgehead atoms. The van der Waals surface area contributed by atoms with E-state index in [1.165, 1.54) is 6.07 Å². The van der Waals surface area contributed by atoms with E-state index in [0.717, 1.165) is 16.9 Å². The van der Waals surface area contributed by atoms with E-state index < -0.39 is 10.0 Å². The zero-order chi connectivity index (χ0) is 22.3. The van der Waals surface area contributed by atoms with Crippen molar-refractivity contribution in [3.8, 4) is 5.75 Å². The lowest BCUT2D eigenvalue weighted by Gasteiger charge is -2.14. The average molecular weight is 481 g/mol. The fraction of sp³-hybridized carbons (Fsp3) is 0.190. The number of para-hydroxylation sites is 1. The van der Waals surface area contributed by atoms with Crippen LogP contribution in [0.1, 0.15) is 5.56 Å². The van der Waals surface area contributed by atoms with Crippen LogP contribution < -0.4 is 14.8 Å². The fourth-order valence-electron chi connectivity index (χ4n) is 2.67. The highest BCUT2D eigenvalue weighted by molar-refractivity contribution is 7.94. The Balaban J connectivity index is 1.62. The predicted octanol–water partition coefficient (Wildman–Crippen LogP) is 4.41. The molecule has 0 atom stereocenters. The summed E-state index contributed by atoms with van der Waals surface area (Å²) in [6.45, 7) is 0.688. The van der Waals surface area contributed by atoms with Crippen LogP contribution in [0.3, 0.4) is 0 Å². The SMILES string of the molecule is COCCOc1c(Cl)cccc1NC(=O)Cc1ccc(NS(=O)(=O)c2cccs2)cc1. The van der Waals surface area contributed by atoms with Crippen LogP contribution in [0.25, 0.3) is 0 Å². The first-order valence-corrected chi connectivity index (χ1v) is 12.0. The van der Waals surface area contributed by atoms with E-state index in [-0.39, 0.29) is 16.5 Å². The molecule has 0 aliphatic rings. The molecule has 1 amide bonds. The fourth-order valence-corrected chi connectivity index (χ4v) is 4.95. The van der Waals surface area contributed by atoms with Crippen molar-refractivity contribution in [1.29, 1.82) is 0 Å². The molecular weight excluding hydrogens is 460 g/mol.